The molecule has 1 saturated carbocycles. The molecule has 5 N–H and O–H groups in total. The van der Waals surface area contributed by atoms with Gasteiger partial charge in [0.25, 0.3) is 5.91 Å². The molecule has 1 aromatic heterocycles. The van der Waals surface area contributed by atoms with Crippen molar-refractivity contribution in [1.29, 1.82) is 0 Å². The number of carbonyl (C=O) groups is 2. The van der Waals surface area contributed by atoms with Crippen LogP contribution in [0.15, 0.2) is 0 Å². The smallest absolute Gasteiger partial charge is 0.268 e. The molecule has 8 heteroatoms. The zero-order chi connectivity index (χ0) is 15.4. The molecule has 7 nitrogen and oxygen atoms in total. The molecular weight excluding hydrogens is 290 g/mol. The summed E-state index contributed by atoms with van der Waals surface area (Å²) in [7, 11) is 0. The van der Waals surface area contributed by atoms with Crippen LogP contribution in [-0.4, -0.2) is 40.8 Å². The maximum atomic E-state index is 12.7. The van der Waals surface area contributed by atoms with Crippen LogP contribution in [0.1, 0.15) is 42.3 Å². The van der Waals surface area contributed by atoms with E-state index in [-0.39, 0.29) is 24.3 Å². The highest BCUT2D eigenvalue weighted by atomic mass is 32.1. The number of hydrogen-bond donors (Lipinski definition) is 3. The van der Waals surface area contributed by atoms with Crippen molar-refractivity contribution in [3.05, 3.63) is 4.88 Å². The second-order valence-corrected chi connectivity index (χ2v) is 6.10. The Labute approximate surface area is 127 Å². The van der Waals surface area contributed by atoms with Crippen LogP contribution in [0.4, 0.5) is 10.9 Å². The maximum Gasteiger partial charge on any atom is 0.268 e. The van der Waals surface area contributed by atoms with Gasteiger partial charge < -0.3 is 21.7 Å². The lowest BCUT2D eigenvalue weighted by atomic mass is 10.2. The van der Waals surface area contributed by atoms with E-state index in [9.17, 15) is 9.59 Å². The van der Waals surface area contributed by atoms with E-state index in [0.29, 0.717) is 16.6 Å². The maximum absolute atomic E-state index is 12.7. The van der Waals surface area contributed by atoms with Gasteiger partial charge in [-0.2, -0.15) is 0 Å². The summed E-state index contributed by atoms with van der Waals surface area (Å²) in [6, 6.07) is 0.0640. The zero-order valence-electron chi connectivity index (χ0n) is 12.1. The summed E-state index contributed by atoms with van der Waals surface area (Å²) in [5, 5.41) is 3.65. The van der Waals surface area contributed by atoms with E-state index in [1.807, 2.05) is 6.92 Å². The summed E-state index contributed by atoms with van der Waals surface area (Å²) >= 11 is 1.22. The van der Waals surface area contributed by atoms with Crippen LogP contribution in [0.5, 0.6) is 0 Å². The third kappa shape index (κ3) is 3.63. The monoisotopic (exact) mass is 311 g/mol. The number of nitrogens with two attached hydrogens (primary N) is 2. The van der Waals surface area contributed by atoms with E-state index in [0.717, 1.165) is 25.7 Å². The van der Waals surface area contributed by atoms with Crippen LogP contribution in [0.25, 0.3) is 0 Å². The van der Waals surface area contributed by atoms with Crippen LogP contribution < -0.4 is 16.8 Å². The van der Waals surface area contributed by atoms with Gasteiger partial charge in [0.05, 0.1) is 6.54 Å². The number of anilines is 2. The molecular formula is C13H21N5O2S. The van der Waals surface area contributed by atoms with Crippen molar-refractivity contribution in [3.8, 4) is 0 Å². The number of nitrogens with zero attached hydrogens (tertiary/aromatic N) is 2. The highest BCUT2D eigenvalue weighted by Crippen LogP contribution is 2.30. The number of hydrogen-bond acceptors (Lipinski definition) is 6. The van der Waals surface area contributed by atoms with Crippen LogP contribution in [0.3, 0.4) is 0 Å². The van der Waals surface area contributed by atoms with Crippen molar-refractivity contribution < 1.29 is 9.59 Å². The molecule has 0 spiro atoms. The third-order valence-corrected chi connectivity index (χ3v) is 4.54. The number of primary amides is 1. The first-order valence-electron chi connectivity index (χ1n) is 7.12. The van der Waals surface area contributed by atoms with Gasteiger partial charge >= 0.3 is 0 Å². The second kappa shape index (κ2) is 6.75. The SMILES string of the molecule is CCNc1nc(N)c(C(=O)N(CC(N)=O)C2CCCC2)s1. The molecule has 2 rings (SSSR count). The molecule has 2 amide bonds. The van der Waals surface area contributed by atoms with Gasteiger partial charge in [0.15, 0.2) is 5.13 Å². The molecule has 1 aromatic rings. The summed E-state index contributed by atoms with van der Waals surface area (Å²) in [6.07, 6.45) is 3.93. The van der Waals surface area contributed by atoms with Crippen molar-refractivity contribution in [3.63, 3.8) is 0 Å². The minimum Gasteiger partial charge on any atom is -0.382 e. The highest BCUT2D eigenvalue weighted by Gasteiger charge is 2.31. The molecule has 0 atom stereocenters. The largest absolute Gasteiger partial charge is 0.382 e. The van der Waals surface area contributed by atoms with Crippen molar-refractivity contribution in [2.45, 2.75) is 38.6 Å². The van der Waals surface area contributed by atoms with Gasteiger partial charge in [-0.05, 0) is 19.8 Å². The molecule has 0 unspecified atom stereocenters. The Morgan fingerprint density at radius 1 is 1.43 bits per heavy atom. The predicted octanol–water partition coefficient (Wildman–Crippen LogP) is 1.03. The number of thiazole rings is 1. The fraction of sp³-hybridized carbons (Fsp3) is 0.615. The number of amides is 2. The summed E-state index contributed by atoms with van der Waals surface area (Å²) < 4.78 is 0. The molecule has 0 aliphatic heterocycles. The Kier molecular flexibility index (Phi) is 5.00. The third-order valence-electron chi connectivity index (χ3n) is 3.53. The normalized spacial score (nSPS) is 15.1. The highest BCUT2D eigenvalue weighted by molar-refractivity contribution is 7.18. The van der Waals surface area contributed by atoms with Crippen LogP contribution >= 0.6 is 11.3 Å². The first kappa shape index (κ1) is 15.6. The summed E-state index contributed by atoms with van der Waals surface area (Å²) in [5.41, 5.74) is 11.1. The van der Waals surface area contributed by atoms with Crippen molar-refractivity contribution in [2.75, 3.05) is 24.1 Å². The lowest BCUT2D eigenvalue weighted by Crippen LogP contribution is -2.44. The summed E-state index contributed by atoms with van der Waals surface area (Å²) in [6.45, 7) is 2.57. The molecule has 0 bridgehead atoms. The van der Waals surface area contributed by atoms with E-state index >= 15 is 0 Å². The lowest BCUT2D eigenvalue weighted by Gasteiger charge is -2.27. The molecule has 0 radical (unpaired) electrons. The molecule has 1 heterocycles. The van der Waals surface area contributed by atoms with E-state index in [4.69, 9.17) is 11.5 Å². The fourth-order valence-electron chi connectivity index (χ4n) is 2.59. The minimum absolute atomic E-state index is 0.0640. The Balaban J connectivity index is 2.22. The van der Waals surface area contributed by atoms with Crippen molar-refractivity contribution in [1.82, 2.24) is 9.88 Å². The zero-order valence-corrected chi connectivity index (χ0v) is 12.9. The Morgan fingerprint density at radius 2 is 2.10 bits per heavy atom. The van der Waals surface area contributed by atoms with E-state index < -0.39 is 5.91 Å². The molecule has 1 aliphatic rings. The average molecular weight is 311 g/mol. The van der Waals surface area contributed by atoms with Gasteiger partial charge in [0, 0.05) is 12.6 Å². The van der Waals surface area contributed by atoms with Gasteiger partial charge in [-0.25, -0.2) is 4.98 Å². The molecule has 21 heavy (non-hydrogen) atoms. The molecule has 1 fully saturated rings. The van der Waals surface area contributed by atoms with Gasteiger partial charge in [0.1, 0.15) is 10.7 Å². The van der Waals surface area contributed by atoms with E-state index in [1.54, 1.807) is 4.90 Å². The lowest BCUT2D eigenvalue weighted by molar-refractivity contribution is -0.119. The number of carbonyl (C=O) groups excluding carboxylic acids is 2. The topological polar surface area (TPSA) is 114 Å². The number of nitrogens with one attached hydrogen (secondary N) is 1. The Bertz CT molecular complexity index is 525. The van der Waals surface area contributed by atoms with Gasteiger partial charge in [-0.15, -0.1) is 0 Å². The Hall–Kier alpha value is -1.83. The summed E-state index contributed by atoms with van der Waals surface area (Å²) in [4.78, 5) is 30.0. The molecule has 0 saturated heterocycles. The fourth-order valence-corrected chi connectivity index (χ4v) is 3.50. The average Bonchev–Trinajstić information content (AvgIpc) is 3.05. The van der Waals surface area contributed by atoms with E-state index in [1.165, 1.54) is 11.3 Å². The Morgan fingerprint density at radius 3 is 2.67 bits per heavy atom. The van der Waals surface area contributed by atoms with Crippen molar-refractivity contribution in [2.24, 2.45) is 5.73 Å². The second-order valence-electron chi connectivity index (χ2n) is 5.10. The standard InChI is InChI=1S/C13H21N5O2S/c1-2-16-13-17-11(15)10(21-13)12(20)18(7-9(14)19)8-5-3-4-6-8/h8H,2-7,15H2,1H3,(H2,14,19)(H,16,17). The molecule has 1 aliphatic carbocycles. The van der Waals surface area contributed by atoms with Crippen molar-refractivity contribution >= 4 is 34.1 Å². The van der Waals surface area contributed by atoms with Gasteiger partial charge in [0.2, 0.25) is 5.91 Å². The number of nitrogen functional groups attached to an aromatic ring is 1. The quantitative estimate of drug-likeness (QED) is 0.726. The number of rotatable bonds is 6. The van der Waals surface area contributed by atoms with Crippen LogP contribution in [-0.2, 0) is 4.79 Å². The predicted molar refractivity (Wildman–Crippen MR) is 83.2 cm³/mol. The van der Waals surface area contributed by atoms with E-state index in [2.05, 4.69) is 10.3 Å². The molecule has 116 valence electrons. The first-order chi connectivity index (χ1) is 10.0. The van der Waals surface area contributed by atoms with Crippen LogP contribution in [0, 0.1) is 0 Å². The van der Waals surface area contributed by atoms with Crippen LogP contribution in [0.2, 0.25) is 0 Å². The first-order valence-corrected chi connectivity index (χ1v) is 7.94. The molecule has 0 aromatic carbocycles. The van der Waals surface area contributed by atoms with Gasteiger partial charge in [-0.1, -0.05) is 24.2 Å². The number of aromatic nitrogens is 1. The minimum atomic E-state index is -0.509. The van der Waals surface area contributed by atoms with Gasteiger partial charge in [-0.3, -0.25) is 9.59 Å². The summed E-state index contributed by atoms with van der Waals surface area (Å²) in [5.74, 6) is -0.557.